The Morgan fingerprint density at radius 2 is 1.88 bits per heavy atom. The molecule has 2 N–H and O–H groups in total. The van der Waals surface area contributed by atoms with Gasteiger partial charge in [-0.2, -0.15) is 0 Å². The molecule has 0 radical (unpaired) electrons. The van der Waals surface area contributed by atoms with Gasteiger partial charge < -0.3 is 15.4 Å². The maximum absolute atomic E-state index is 12.1. The van der Waals surface area contributed by atoms with Crippen LogP contribution in [0.15, 0.2) is 42.6 Å². The molecule has 1 heterocycles. The number of anilines is 1. The van der Waals surface area contributed by atoms with Crippen molar-refractivity contribution in [1.82, 2.24) is 10.3 Å². The number of hydrogen-bond acceptors (Lipinski definition) is 4. The number of rotatable bonds is 6. The number of pyridine rings is 1. The molecule has 2 aromatic rings. The number of nitrogens with zero attached hydrogens (tertiary/aromatic N) is 1. The quantitative estimate of drug-likeness (QED) is 0.789. The molecule has 0 unspecified atom stereocenters. The fourth-order valence-electron chi connectivity index (χ4n) is 2.27. The van der Waals surface area contributed by atoms with E-state index in [0.29, 0.717) is 12.3 Å². The van der Waals surface area contributed by atoms with Gasteiger partial charge >= 0.3 is 12.0 Å². The van der Waals surface area contributed by atoms with Crippen LogP contribution in [0.4, 0.5) is 10.5 Å². The third-order valence-corrected chi connectivity index (χ3v) is 3.65. The van der Waals surface area contributed by atoms with E-state index >= 15 is 0 Å². The molecule has 0 fully saturated rings. The van der Waals surface area contributed by atoms with E-state index in [0.717, 1.165) is 16.8 Å². The van der Waals surface area contributed by atoms with Gasteiger partial charge in [-0.15, -0.1) is 0 Å². The molecule has 0 saturated carbocycles. The van der Waals surface area contributed by atoms with Gasteiger partial charge in [-0.25, -0.2) is 4.79 Å². The van der Waals surface area contributed by atoms with Gasteiger partial charge in [0, 0.05) is 17.6 Å². The van der Waals surface area contributed by atoms with Crippen LogP contribution in [0.25, 0.3) is 0 Å². The zero-order valence-corrected chi connectivity index (χ0v) is 14.7. The summed E-state index contributed by atoms with van der Waals surface area (Å²) in [5.41, 5.74) is 3.36. The van der Waals surface area contributed by atoms with Crippen molar-refractivity contribution in [3.63, 3.8) is 0 Å². The first kappa shape index (κ1) is 18.4. The molecule has 2 amide bonds. The highest BCUT2D eigenvalue weighted by Crippen LogP contribution is 2.13. The topological polar surface area (TPSA) is 80.3 Å². The fourth-order valence-corrected chi connectivity index (χ4v) is 2.27. The third-order valence-electron chi connectivity index (χ3n) is 3.65. The van der Waals surface area contributed by atoms with Gasteiger partial charge in [0.15, 0.2) is 0 Å². The van der Waals surface area contributed by atoms with E-state index in [9.17, 15) is 9.59 Å². The average Bonchev–Trinajstić information content (AvgIpc) is 2.57. The Kier molecular flexibility index (Phi) is 6.51. The molecule has 0 aliphatic carbocycles. The van der Waals surface area contributed by atoms with Crippen LogP contribution in [-0.4, -0.2) is 23.6 Å². The number of amides is 2. The fraction of sp³-hybridized carbons (Fsp3) is 0.316. The number of esters is 1. The van der Waals surface area contributed by atoms with Crippen molar-refractivity contribution in [2.24, 2.45) is 0 Å². The first-order valence-corrected chi connectivity index (χ1v) is 8.22. The lowest BCUT2D eigenvalue weighted by Gasteiger charge is -2.15. The average molecular weight is 341 g/mol. The van der Waals surface area contributed by atoms with Crippen LogP contribution in [0.1, 0.15) is 36.7 Å². The van der Waals surface area contributed by atoms with Crippen molar-refractivity contribution in [2.75, 3.05) is 11.9 Å². The summed E-state index contributed by atoms with van der Waals surface area (Å²) in [6.07, 6.45) is 1.97. The van der Waals surface area contributed by atoms with E-state index in [2.05, 4.69) is 15.6 Å². The summed E-state index contributed by atoms with van der Waals surface area (Å²) in [4.78, 5) is 27.8. The Balaban J connectivity index is 1.87. The summed E-state index contributed by atoms with van der Waals surface area (Å²) in [6, 6.07) is 10.5. The van der Waals surface area contributed by atoms with Gasteiger partial charge in [-0.05, 0) is 50.1 Å². The number of nitrogens with one attached hydrogen (secondary N) is 2. The minimum atomic E-state index is -0.300. The van der Waals surface area contributed by atoms with Crippen molar-refractivity contribution in [1.29, 1.82) is 0 Å². The van der Waals surface area contributed by atoms with Crippen LogP contribution in [0.2, 0.25) is 0 Å². The van der Waals surface area contributed by atoms with Gasteiger partial charge in [-0.1, -0.05) is 18.2 Å². The normalized spacial score (nSPS) is 11.5. The number of urea groups is 1. The van der Waals surface area contributed by atoms with E-state index in [1.807, 2.05) is 26.0 Å². The maximum atomic E-state index is 12.1. The molecule has 0 saturated heterocycles. The Labute approximate surface area is 147 Å². The molecule has 6 heteroatoms. The largest absolute Gasteiger partial charge is 0.466 e. The van der Waals surface area contributed by atoms with Crippen LogP contribution in [0.5, 0.6) is 0 Å². The zero-order valence-electron chi connectivity index (χ0n) is 14.7. The molecule has 0 aliphatic heterocycles. The molecule has 1 aromatic heterocycles. The van der Waals surface area contributed by atoms with Crippen LogP contribution in [0.3, 0.4) is 0 Å². The van der Waals surface area contributed by atoms with E-state index in [1.54, 1.807) is 37.4 Å². The minimum Gasteiger partial charge on any atom is -0.466 e. The van der Waals surface area contributed by atoms with Crippen molar-refractivity contribution in [3.8, 4) is 0 Å². The Morgan fingerprint density at radius 3 is 2.48 bits per heavy atom. The Bertz CT molecular complexity index is 712. The first-order chi connectivity index (χ1) is 12.0. The van der Waals surface area contributed by atoms with Crippen molar-refractivity contribution < 1.29 is 14.3 Å². The van der Waals surface area contributed by atoms with E-state index in [1.165, 1.54) is 0 Å². The van der Waals surface area contributed by atoms with Crippen LogP contribution in [-0.2, 0) is 16.0 Å². The number of carbonyl (C=O) groups excluding carboxylic acids is 2. The lowest BCUT2D eigenvalue weighted by atomic mass is 10.1. The number of hydrogen-bond donors (Lipinski definition) is 2. The number of ether oxygens (including phenoxy) is 1. The molecule has 2 rings (SSSR count). The number of aromatic nitrogens is 1. The predicted molar refractivity (Wildman–Crippen MR) is 96.3 cm³/mol. The standard InChI is InChI=1S/C19H23N3O3/c1-4-25-18(23)11-15-6-9-17(10-7-15)22-19(24)21-14(3)16-8-5-13(2)20-12-16/h5-10,12,14H,4,11H2,1-3H3,(H2,21,22,24)/t14-/m0/s1. The second kappa shape index (κ2) is 8.82. The molecule has 0 spiro atoms. The second-order valence-electron chi connectivity index (χ2n) is 5.73. The molecule has 0 bridgehead atoms. The number of aryl methyl sites for hydroxylation is 1. The second-order valence-corrected chi connectivity index (χ2v) is 5.73. The number of carbonyl (C=O) groups is 2. The molecule has 1 atom stereocenters. The predicted octanol–water partition coefficient (Wildman–Crippen LogP) is 3.38. The molecule has 0 aliphatic rings. The smallest absolute Gasteiger partial charge is 0.319 e. The minimum absolute atomic E-state index is 0.156. The third kappa shape index (κ3) is 5.91. The summed E-state index contributed by atoms with van der Waals surface area (Å²) < 4.78 is 4.91. The highest BCUT2D eigenvalue weighted by molar-refractivity contribution is 5.89. The van der Waals surface area contributed by atoms with Gasteiger partial charge in [0.2, 0.25) is 0 Å². The van der Waals surface area contributed by atoms with E-state index in [4.69, 9.17) is 4.74 Å². The maximum Gasteiger partial charge on any atom is 0.319 e. The van der Waals surface area contributed by atoms with Gasteiger partial charge in [0.05, 0.1) is 19.1 Å². The van der Waals surface area contributed by atoms with E-state index < -0.39 is 0 Å². The highest BCUT2D eigenvalue weighted by atomic mass is 16.5. The van der Waals surface area contributed by atoms with Gasteiger partial charge in [-0.3, -0.25) is 9.78 Å². The van der Waals surface area contributed by atoms with Gasteiger partial charge in [0.25, 0.3) is 0 Å². The molecule has 132 valence electrons. The van der Waals surface area contributed by atoms with Crippen LogP contribution < -0.4 is 10.6 Å². The summed E-state index contributed by atoms with van der Waals surface area (Å²) in [5, 5.41) is 5.64. The highest BCUT2D eigenvalue weighted by Gasteiger charge is 2.10. The molecule has 6 nitrogen and oxygen atoms in total. The van der Waals surface area contributed by atoms with Crippen LogP contribution >= 0.6 is 0 Å². The van der Waals surface area contributed by atoms with Gasteiger partial charge in [0.1, 0.15) is 0 Å². The SMILES string of the molecule is CCOC(=O)Cc1ccc(NC(=O)N[C@@H](C)c2ccc(C)nc2)cc1. The van der Waals surface area contributed by atoms with Crippen molar-refractivity contribution in [3.05, 3.63) is 59.4 Å². The Hall–Kier alpha value is -2.89. The first-order valence-electron chi connectivity index (χ1n) is 8.22. The van der Waals surface area contributed by atoms with E-state index in [-0.39, 0.29) is 24.5 Å². The lowest BCUT2D eigenvalue weighted by Crippen LogP contribution is -2.31. The molecular formula is C19H23N3O3. The Morgan fingerprint density at radius 1 is 1.16 bits per heavy atom. The molecule has 1 aromatic carbocycles. The molecule has 25 heavy (non-hydrogen) atoms. The summed E-state index contributed by atoms with van der Waals surface area (Å²) in [6.45, 7) is 5.96. The molecular weight excluding hydrogens is 318 g/mol. The lowest BCUT2D eigenvalue weighted by molar-refractivity contribution is -0.142. The van der Waals surface area contributed by atoms with Crippen LogP contribution in [0, 0.1) is 6.92 Å². The summed E-state index contributed by atoms with van der Waals surface area (Å²) in [5.74, 6) is -0.263. The van der Waals surface area contributed by atoms with Crippen molar-refractivity contribution in [2.45, 2.75) is 33.2 Å². The van der Waals surface area contributed by atoms with Crippen molar-refractivity contribution >= 4 is 17.7 Å². The monoisotopic (exact) mass is 341 g/mol. The summed E-state index contributed by atoms with van der Waals surface area (Å²) in [7, 11) is 0. The summed E-state index contributed by atoms with van der Waals surface area (Å²) >= 11 is 0. The number of benzene rings is 1. The zero-order chi connectivity index (χ0) is 18.2.